The summed E-state index contributed by atoms with van der Waals surface area (Å²) in [5.41, 5.74) is 4.89. The lowest BCUT2D eigenvalue weighted by atomic mass is 10.1. The molecule has 7 nitrogen and oxygen atoms in total. The van der Waals surface area contributed by atoms with Gasteiger partial charge in [-0.3, -0.25) is 4.79 Å². The number of alkyl halides is 4. The van der Waals surface area contributed by atoms with Gasteiger partial charge in [-0.15, -0.1) is 0 Å². The Labute approximate surface area is 119 Å². The van der Waals surface area contributed by atoms with E-state index in [4.69, 9.17) is 5.73 Å². The number of nitrogens with one attached hydrogen (secondary N) is 1. The van der Waals surface area contributed by atoms with Gasteiger partial charge >= 0.3 is 12.2 Å². The summed E-state index contributed by atoms with van der Waals surface area (Å²) in [5, 5.41) is 9.30. The van der Waals surface area contributed by atoms with Gasteiger partial charge in [-0.25, -0.2) is 0 Å². The number of aromatic nitrogens is 3. The van der Waals surface area contributed by atoms with Crippen LogP contribution in [0.3, 0.4) is 0 Å². The molecule has 1 amide bonds. The van der Waals surface area contributed by atoms with E-state index in [1.54, 1.807) is 0 Å². The summed E-state index contributed by atoms with van der Waals surface area (Å²) in [7, 11) is 0. The second kappa shape index (κ2) is 4.32. The second-order valence-electron chi connectivity index (χ2n) is 4.28. The Hall–Kier alpha value is -2.85. The number of hydrogen-bond acceptors (Lipinski definition) is 5. The molecule has 2 heterocycles. The molecular formula is C11H6F4N4O3. The lowest BCUT2D eigenvalue weighted by molar-refractivity contribution is -0.391. The van der Waals surface area contributed by atoms with E-state index >= 15 is 0 Å². The average molecular weight is 318 g/mol. The number of benzene rings is 1. The molecule has 0 saturated heterocycles. The second-order valence-corrected chi connectivity index (χ2v) is 4.28. The van der Waals surface area contributed by atoms with Gasteiger partial charge in [-0.2, -0.15) is 33.0 Å². The highest BCUT2D eigenvalue weighted by Gasteiger charge is 2.65. The summed E-state index contributed by atoms with van der Waals surface area (Å²) in [4.78, 5) is 11.2. The van der Waals surface area contributed by atoms with Crippen molar-refractivity contribution >= 4 is 5.91 Å². The molecular weight excluding hydrogens is 312 g/mol. The van der Waals surface area contributed by atoms with Crippen LogP contribution in [0.15, 0.2) is 18.2 Å². The Morgan fingerprint density at radius 2 is 1.73 bits per heavy atom. The molecule has 0 bridgehead atoms. The predicted molar refractivity (Wildman–Crippen MR) is 61.5 cm³/mol. The maximum absolute atomic E-state index is 13.1. The largest absolute Gasteiger partial charge is 0.507 e. The first kappa shape index (κ1) is 14.1. The third-order valence-electron chi connectivity index (χ3n) is 2.81. The Morgan fingerprint density at radius 3 is 2.36 bits per heavy atom. The van der Waals surface area contributed by atoms with E-state index in [0.29, 0.717) is 0 Å². The number of aromatic amines is 1. The zero-order valence-corrected chi connectivity index (χ0v) is 10.4. The fraction of sp³-hybridized carbons (Fsp3) is 0.182. The van der Waals surface area contributed by atoms with Crippen LogP contribution in [0, 0.1) is 0 Å². The minimum absolute atomic E-state index is 0.0421. The molecule has 1 aromatic heterocycles. The standard InChI is InChI=1S/C11H6F4N4O3/c12-10(13)11(14,15)22-6-3-4(1-2-5(6)21-10)7-8(9(16)20)18-19-17-7/h1-3H,(H2,16,20)(H,17,18,19). The van der Waals surface area contributed by atoms with Crippen LogP contribution in [-0.4, -0.2) is 33.5 Å². The number of nitrogens with two attached hydrogens (primary N) is 1. The van der Waals surface area contributed by atoms with Gasteiger partial charge in [0.25, 0.3) is 5.91 Å². The number of H-pyrrole nitrogens is 1. The zero-order valence-electron chi connectivity index (χ0n) is 10.4. The molecule has 1 aromatic carbocycles. The molecule has 116 valence electrons. The monoisotopic (exact) mass is 318 g/mol. The van der Waals surface area contributed by atoms with Crippen molar-refractivity contribution in [1.29, 1.82) is 0 Å². The zero-order chi connectivity index (χ0) is 16.1. The van der Waals surface area contributed by atoms with Gasteiger partial charge in [0.1, 0.15) is 5.69 Å². The van der Waals surface area contributed by atoms with Gasteiger partial charge in [0.05, 0.1) is 0 Å². The number of carbonyl (C=O) groups is 1. The molecule has 3 N–H and O–H groups in total. The molecule has 0 aliphatic carbocycles. The Bertz CT molecular complexity index is 762. The van der Waals surface area contributed by atoms with Crippen molar-refractivity contribution < 1.29 is 31.8 Å². The maximum atomic E-state index is 13.1. The number of fused-ring (bicyclic) bond motifs is 1. The SMILES string of the molecule is NC(=O)c1n[nH]nc1-c1ccc2c(c1)OC(F)(F)C(F)(F)O2. The first-order chi connectivity index (χ1) is 10.2. The van der Waals surface area contributed by atoms with Crippen molar-refractivity contribution in [3.63, 3.8) is 0 Å². The van der Waals surface area contributed by atoms with Crippen molar-refractivity contribution in [2.24, 2.45) is 5.73 Å². The van der Waals surface area contributed by atoms with Gasteiger partial charge in [0, 0.05) is 5.56 Å². The quantitative estimate of drug-likeness (QED) is 0.817. The van der Waals surface area contributed by atoms with E-state index in [1.165, 1.54) is 6.07 Å². The maximum Gasteiger partial charge on any atom is 0.507 e. The minimum Gasteiger partial charge on any atom is -0.421 e. The normalized spacial score (nSPS) is 18.0. The molecule has 1 aliphatic rings. The Balaban J connectivity index is 2.06. The van der Waals surface area contributed by atoms with Crippen LogP contribution in [0.4, 0.5) is 17.6 Å². The number of primary amides is 1. The molecule has 2 aromatic rings. The van der Waals surface area contributed by atoms with Gasteiger partial charge in [0.15, 0.2) is 17.2 Å². The van der Waals surface area contributed by atoms with Crippen LogP contribution in [0.25, 0.3) is 11.3 Å². The lowest BCUT2D eigenvalue weighted by Crippen LogP contribution is -2.52. The highest BCUT2D eigenvalue weighted by atomic mass is 19.3. The predicted octanol–water partition coefficient (Wildman–Crippen LogP) is 1.53. The molecule has 0 radical (unpaired) electrons. The van der Waals surface area contributed by atoms with Crippen molar-refractivity contribution in [2.75, 3.05) is 0 Å². The molecule has 1 aliphatic heterocycles. The van der Waals surface area contributed by atoms with Gasteiger partial charge in [-0.05, 0) is 18.2 Å². The summed E-state index contributed by atoms with van der Waals surface area (Å²) >= 11 is 0. The number of amides is 1. The van der Waals surface area contributed by atoms with Crippen LogP contribution in [0.5, 0.6) is 11.5 Å². The van der Waals surface area contributed by atoms with E-state index in [2.05, 4.69) is 24.9 Å². The molecule has 0 fully saturated rings. The van der Waals surface area contributed by atoms with Crippen LogP contribution < -0.4 is 15.2 Å². The minimum atomic E-state index is -4.84. The molecule has 11 heteroatoms. The number of nitrogens with zero attached hydrogens (tertiary/aromatic N) is 2. The Kier molecular flexibility index (Phi) is 2.77. The van der Waals surface area contributed by atoms with E-state index in [1.807, 2.05) is 0 Å². The van der Waals surface area contributed by atoms with Crippen molar-refractivity contribution in [3.05, 3.63) is 23.9 Å². The van der Waals surface area contributed by atoms with Crippen molar-refractivity contribution in [2.45, 2.75) is 12.2 Å². The van der Waals surface area contributed by atoms with Gasteiger partial charge in [0.2, 0.25) is 0 Å². The summed E-state index contributed by atoms with van der Waals surface area (Å²) in [6.07, 6.45) is -9.64. The lowest BCUT2D eigenvalue weighted by Gasteiger charge is -2.31. The number of halogens is 4. The highest BCUT2D eigenvalue weighted by molar-refractivity contribution is 5.96. The van der Waals surface area contributed by atoms with Crippen LogP contribution >= 0.6 is 0 Å². The first-order valence-corrected chi connectivity index (χ1v) is 5.70. The number of carbonyl (C=O) groups excluding carboxylic acids is 1. The fourth-order valence-corrected chi connectivity index (χ4v) is 1.82. The molecule has 0 spiro atoms. The van der Waals surface area contributed by atoms with Crippen LogP contribution in [0.2, 0.25) is 0 Å². The van der Waals surface area contributed by atoms with Crippen LogP contribution in [-0.2, 0) is 0 Å². The molecule has 0 saturated carbocycles. The average Bonchev–Trinajstić information content (AvgIpc) is 2.88. The van der Waals surface area contributed by atoms with Crippen molar-refractivity contribution in [1.82, 2.24) is 15.4 Å². The number of ether oxygens (including phenoxy) is 2. The topological polar surface area (TPSA) is 103 Å². The molecule has 22 heavy (non-hydrogen) atoms. The molecule has 0 atom stereocenters. The van der Waals surface area contributed by atoms with Crippen molar-refractivity contribution in [3.8, 4) is 22.8 Å². The summed E-state index contributed by atoms with van der Waals surface area (Å²) in [6.45, 7) is 0. The van der Waals surface area contributed by atoms with E-state index in [-0.39, 0.29) is 17.0 Å². The van der Waals surface area contributed by atoms with Gasteiger partial charge in [-0.1, -0.05) is 0 Å². The third kappa shape index (κ3) is 2.01. The Morgan fingerprint density at radius 1 is 1.09 bits per heavy atom. The van der Waals surface area contributed by atoms with E-state index < -0.39 is 29.6 Å². The summed E-state index contributed by atoms with van der Waals surface area (Å²) in [5.74, 6) is -2.12. The molecule has 3 rings (SSSR count). The number of hydrogen-bond donors (Lipinski definition) is 2. The molecule has 0 unspecified atom stereocenters. The smallest absolute Gasteiger partial charge is 0.421 e. The first-order valence-electron chi connectivity index (χ1n) is 5.70. The third-order valence-corrected chi connectivity index (χ3v) is 2.81. The summed E-state index contributed by atoms with van der Waals surface area (Å²) < 4.78 is 60.2. The highest BCUT2D eigenvalue weighted by Crippen LogP contribution is 2.47. The van der Waals surface area contributed by atoms with Gasteiger partial charge < -0.3 is 15.2 Å². The fourth-order valence-electron chi connectivity index (χ4n) is 1.82. The van der Waals surface area contributed by atoms with E-state index in [0.717, 1.165) is 12.1 Å². The van der Waals surface area contributed by atoms with E-state index in [9.17, 15) is 22.4 Å². The van der Waals surface area contributed by atoms with Crippen LogP contribution in [0.1, 0.15) is 10.5 Å². The number of rotatable bonds is 2. The summed E-state index contributed by atoms with van der Waals surface area (Å²) in [6, 6.07) is 3.15.